The topological polar surface area (TPSA) is 75.4 Å². The van der Waals surface area contributed by atoms with Crippen molar-refractivity contribution in [2.45, 2.75) is 27.2 Å². The molecule has 0 saturated heterocycles. The van der Waals surface area contributed by atoms with E-state index in [0.717, 1.165) is 11.8 Å². The van der Waals surface area contributed by atoms with Gasteiger partial charge >= 0.3 is 6.03 Å². The fourth-order valence-electron chi connectivity index (χ4n) is 1.72. The first-order valence-electron chi connectivity index (χ1n) is 6.64. The van der Waals surface area contributed by atoms with Crippen LogP contribution in [-0.4, -0.2) is 24.1 Å². The summed E-state index contributed by atoms with van der Waals surface area (Å²) in [4.78, 5) is 23.5. The minimum absolute atomic E-state index is 0.354. The van der Waals surface area contributed by atoms with Gasteiger partial charge in [-0.1, -0.05) is 38.1 Å². The standard InChI is InChI=1S/C12H13N3O3.C2H6/c1-2-7-15(12(17)13-8-16)11-9-5-3-4-6-10(9)18-14-11;1-2/h3-6,8H,2,7H2,1H3,(H,13,16,17);1-2H3. The zero-order valence-corrected chi connectivity index (χ0v) is 11.9. The first-order valence-corrected chi connectivity index (χ1v) is 6.64. The molecule has 2 rings (SSSR count). The summed E-state index contributed by atoms with van der Waals surface area (Å²) in [5, 5.41) is 6.74. The summed E-state index contributed by atoms with van der Waals surface area (Å²) in [6.45, 7) is 6.39. The summed E-state index contributed by atoms with van der Waals surface area (Å²) < 4.78 is 5.14. The van der Waals surface area contributed by atoms with Crippen molar-refractivity contribution in [3.05, 3.63) is 24.3 Å². The highest BCUT2D eigenvalue weighted by atomic mass is 16.5. The Bertz CT molecular complexity index is 566. The maximum absolute atomic E-state index is 11.8. The summed E-state index contributed by atoms with van der Waals surface area (Å²) in [6, 6.07) is 6.74. The minimum atomic E-state index is -0.508. The molecule has 2 aromatic rings. The molecule has 1 aromatic heterocycles. The fraction of sp³-hybridized carbons (Fsp3) is 0.357. The monoisotopic (exact) mass is 277 g/mol. The van der Waals surface area contributed by atoms with Crippen LogP contribution in [0.3, 0.4) is 0 Å². The molecule has 0 fully saturated rings. The number of nitrogens with zero attached hydrogens (tertiary/aromatic N) is 2. The Morgan fingerprint density at radius 1 is 1.40 bits per heavy atom. The van der Waals surface area contributed by atoms with Gasteiger partial charge in [-0.3, -0.25) is 15.0 Å². The quantitative estimate of drug-likeness (QED) is 0.872. The van der Waals surface area contributed by atoms with Gasteiger partial charge < -0.3 is 4.52 Å². The highest BCUT2D eigenvalue weighted by Gasteiger charge is 2.20. The van der Waals surface area contributed by atoms with Crippen LogP contribution in [-0.2, 0) is 4.79 Å². The second-order valence-corrected chi connectivity index (χ2v) is 3.72. The van der Waals surface area contributed by atoms with Gasteiger partial charge in [0.2, 0.25) is 6.41 Å². The first-order chi connectivity index (χ1) is 9.77. The molecule has 0 aliphatic rings. The van der Waals surface area contributed by atoms with Crippen LogP contribution >= 0.6 is 0 Å². The number of amides is 3. The van der Waals surface area contributed by atoms with E-state index in [1.165, 1.54) is 4.90 Å². The number of benzene rings is 1. The number of carbonyl (C=O) groups is 2. The second-order valence-electron chi connectivity index (χ2n) is 3.72. The van der Waals surface area contributed by atoms with Crippen LogP contribution in [0.15, 0.2) is 28.8 Å². The summed E-state index contributed by atoms with van der Waals surface area (Å²) >= 11 is 0. The number of nitrogens with one attached hydrogen (secondary N) is 1. The maximum atomic E-state index is 11.8. The average Bonchev–Trinajstić information content (AvgIpc) is 2.91. The molecule has 1 heterocycles. The van der Waals surface area contributed by atoms with Gasteiger partial charge in [-0.2, -0.15) is 0 Å². The molecule has 108 valence electrons. The van der Waals surface area contributed by atoms with E-state index >= 15 is 0 Å². The predicted molar refractivity (Wildman–Crippen MR) is 77.6 cm³/mol. The Labute approximate surface area is 117 Å². The predicted octanol–water partition coefficient (Wildman–Crippen LogP) is 2.94. The molecule has 6 nitrogen and oxygen atoms in total. The zero-order valence-electron chi connectivity index (χ0n) is 11.9. The van der Waals surface area contributed by atoms with Crippen molar-refractivity contribution in [1.82, 2.24) is 10.5 Å². The molecule has 0 radical (unpaired) electrons. The van der Waals surface area contributed by atoms with E-state index in [9.17, 15) is 9.59 Å². The number of imide groups is 1. The van der Waals surface area contributed by atoms with Gasteiger partial charge in [0.1, 0.15) is 0 Å². The third kappa shape index (κ3) is 3.34. The summed E-state index contributed by atoms with van der Waals surface area (Å²) in [6.07, 6.45) is 1.10. The lowest BCUT2D eigenvalue weighted by Crippen LogP contribution is -2.40. The zero-order chi connectivity index (χ0) is 15.0. The average molecular weight is 277 g/mol. The molecule has 3 amide bonds. The van der Waals surface area contributed by atoms with Gasteiger partial charge in [-0.25, -0.2) is 4.79 Å². The lowest BCUT2D eigenvalue weighted by atomic mass is 10.2. The Kier molecular flexibility index (Phi) is 6.22. The van der Waals surface area contributed by atoms with Gasteiger partial charge in [0.25, 0.3) is 0 Å². The summed E-state index contributed by atoms with van der Waals surface area (Å²) in [7, 11) is 0. The molecule has 1 aromatic carbocycles. The molecule has 0 spiro atoms. The van der Waals surface area contributed by atoms with Crippen LogP contribution in [0.2, 0.25) is 0 Å². The van der Waals surface area contributed by atoms with E-state index in [-0.39, 0.29) is 0 Å². The smallest absolute Gasteiger partial charge is 0.329 e. The van der Waals surface area contributed by atoms with Crippen molar-refractivity contribution in [1.29, 1.82) is 0 Å². The number of fused-ring (bicyclic) bond motifs is 1. The highest BCUT2D eigenvalue weighted by molar-refractivity contribution is 6.02. The second kappa shape index (κ2) is 7.93. The number of para-hydroxylation sites is 1. The number of carbonyl (C=O) groups excluding carboxylic acids is 2. The van der Waals surface area contributed by atoms with E-state index in [1.807, 2.05) is 39.0 Å². The Morgan fingerprint density at radius 3 is 2.75 bits per heavy atom. The number of hydrogen-bond donors (Lipinski definition) is 1. The molecule has 0 aliphatic carbocycles. The lowest BCUT2D eigenvalue weighted by Gasteiger charge is -2.17. The van der Waals surface area contributed by atoms with E-state index in [4.69, 9.17) is 4.52 Å². The van der Waals surface area contributed by atoms with Gasteiger partial charge in [0.05, 0.1) is 5.39 Å². The normalized spacial score (nSPS) is 9.55. The van der Waals surface area contributed by atoms with Crippen molar-refractivity contribution < 1.29 is 14.1 Å². The van der Waals surface area contributed by atoms with Crippen LogP contribution < -0.4 is 10.2 Å². The van der Waals surface area contributed by atoms with E-state index in [0.29, 0.717) is 24.4 Å². The van der Waals surface area contributed by atoms with Crippen LogP contribution in [0, 0.1) is 0 Å². The highest BCUT2D eigenvalue weighted by Crippen LogP contribution is 2.25. The largest absolute Gasteiger partial charge is 0.354 e. The van der Waals surface area contributed by atoms with Crippen molar-refractivity contribution in [3.8, 4) is 0 Å². The van der Waals surface area contributed by atoms with Crippen molar-refractivity contribution in [2.24, 2.45) is 0 Å². The van der Waals surface area contributed by atoms with Gasteiger partial charge in [0, 0.05) is 6.54 Å². The van der Waals surface area contributed by atoms with Crippen LogP contribution in [0.5, 0.6) is 0 Å². The molecule has 0 saturated carbocycles. The first kappa shape index (κ1) is 15.7. The molecular formula is C14H19N3O3. The van der Waals surface area contributed by atoms with E-state index < -0.39 is 6.03 Å². The molecule has 1 N–H and O–H groups in total. The molecule has 0 bridgehead atoms. The summed E-state index contributed by atoms with van der Waals surface area (Å²) in [5.74, 6) is 0.423. The molecule has 0 aliphatic heterocycles. The van der Waals surface area contributed by atoms with E-state index in [2.05, 4.69) is 10.5 Å². The summed E-state index contributed by atoms with van der Waals surface area (Å²) in [5.41, 5.74) is 0.604. The molecule has 20 heavy (non-hydrogen) atoms. The number of rotatable bonds is 4. The third-order valence-electron chi connectivity index (χ3n) is 2.49. The molecule has 0 atom stereocenters. The van der Waals surface area contributed by atoms with Crippen molar-refractivity contribution in [3.63, 3.8) is 0 Å². The SMILES string of the molecule is CC.CCCN(C(=O)NC=O)c1noc2ccccc12. The van der Waals surface area contributed by atoms with E-state index in [1.54, 1.807) is 6.07 Å². The number of aromatic nitrogens is 1. The van der Waals surface area contributed by atoms with Crippen LogP contribution in [0.4, 0.5) is 10.6 Å². The number of anilines is 1. The number of urea groups is 1. The van der Waals surface area contributed by atoms with Gasteiger partial charge in [-0.15, -0.1) is 0 Å². The third-order valence-corrected chi connectivity index (χ3v) is 2.49. The maximum Gasteiger partial charge on any atom is 0.329 e. The Balaban J connectivity index is 0.000000956. The Morgan fingerprint density at radius 2 is 2.10 bits per heavy atom. The number of hydrogen-bond acceptors (Lipinski definition) is 4. The lowest BCUT2D eigenvalue weighted by molar-refractivity contribution is -0.108. The molecule has 0 unspecified atom stereocenters. The van der Waals surface area contributed by atoms with Crippen molar-refractivity contribution in [2.75, 3.05) is 11.4 Å². The molecule has 6 heteroatoms. The van der Waals surface area contributed by atoms with Crippen LogP contribution in [0.1, 0.15) is 27.2 Å². The fourth-order valence-corrected chi connectivity index (χ4v) is 1.72. The van der Waals surface area contributed by atoms with Gasteiger partial charge in [-0.05, 0) is 18.6 Å². The van der Waals surface area contributed by atoms with Gasteiger partial charge in [0.15, 0.2) is 11.4 Å². The van der Waals surface area contributed by atoms with Crippen LogP contribution in [0.25, 0.3) is 11.0 Å². The minimum Gasteiger partial charge on any atom is -0.354 e. The van der Waals surface area contributed by atoms with Crippen molar-refractivity contribution >= 4 is 29.2 Å². The molecular weight excluding hydrogens is 258 g/mol. The Hall–Kier alpha value is -2.37.